The first-order valence-corrected chi connectivity index (χ1v) is 7.83. The lowest BCUT2D eigenvalue weighted by Gasteiger charge is -1.96. The minimum absolute atomic E-state index is 0.506. The van der Waals surface area contributed by atoms with Crippen molar-refractivity contribution in [2.24, 2.45) is 14.1 Å². The monoisotopic (exact) mass is 232 g/mol. The van der Waals surface area contributed by atoms with Crippen molar-refractivity contribution in [1.29, 1.82) is 0 Å². The highest BCUT2D eigenvalue weighted by Gasteiger charge is 2.22. The van der Waals surface area contributed by atoms with Crippen LogP contribution in [0.4, 0.5) is 0 Å². The summed E-state index contributed by atoms with van der Waals surface area (Å²) in [5.74, 6) is 0. The first-order chi connectivity index (χ1) is 6.45. The highest BCUT2D eigenvalue weighted by Crippen LogP contribution is 2.18. The van der Waals surface area contributed by atoms with E-state index in [1.807, 2.05) is 11.8 Å². The van der Waals surface area contributed by atoms with Gasteiger partial charge in [0.1, 0.15) is 11.4 Å². The number of imidazole rings is 1. The van der Waals surface area contributed by atoms with Crippen LogP contribution >= 0.6 is 11.8 Å². The molecule has 1 aromatic heterocycles. The second kappa shape index (κ2) is 4.62. The summed E-state index contributed by atoms with van der Waals surface area (Å²) >= 11 is 1.96. The molecule has 1 heterocycles. The maximum Gasteiger partial charge on any atom is 0.322 e. The van der Waals surface area contributed by atoms with Crippen LogP contribution in [0.1, 0.15) is 11.4 Å². The van der Waals surface area contributed by atoms with Crippen LogP contribution in [0.2, 0.25) is 0 Å². The first-order valence-electron chi connectivity index (χ1n) is 4.64. The Kier molecular flexibility index (Phi) is 3.95. The Hall–Kier alpha value is -0.0900. The summed E-state index contributed by atoms with van der Waals surface area (Å²) < 4.78 is 4.57. The van der Waals surface area contributed by atoms with Gasteiger partial charge in [0.05, 0.1) is 26.6 Å². The molecule has 0 unspecified atom stereocenters. The van der Waals surface area contributed by atoms with Gasteiger partial charge in [0, 0.05) is 25.6 Å². The molecule has 14 heavy (non-hydrogen) atoms. The summed E-state index contributed by atoms with van der Waals surface area (Å²) in [4.78, 5) is 0. The fourth-order valence-corrected chi connectivity index (χ4v) is 3.39. The molecule has 1 aromatic rings. The lowest BCUT2D eigenvalue weighted by Crippen LogP contribution is -2.32. The average molecular weight is 232 g/mol. The Morgan fingerprint density at radius 3 is 2.29 bits per heavy atom. The largest absolute Gasteiger partial charge is 0.322 e. The SMILES string of the molecule is Cc1c(C)[n+](C)c(SC[S+](C)C)n1C. The fourth-order valence-electron chi connectivity index (χ4n) is 1.36. The van der Waals surface area contributed by atoms with Crippen molar-refractivity contribution in [3.05, 3.63) is 11.4 Å². The number of nitrogens with zero attached hydrogens (tertiary/aromatic N) is 2. The molecular weight excluding hydrogens is 212 g/mol. The molecule has 4 heteroatoms. The van der Waals surface area contributed by atoms with Crippen molar-refractivity contribution in [2.75, 3.05) is 17.6 Å². The van der Waals surface area contributed by atoms with Gasteiger partial charge in [-0.05, 0) is 10.9 Å². The van der Waals surface area contributed by atoms with Crippen LogP contribution in [-0.2, 0) is 25.0 Å². The maximum absolute atomic E-state index is 2.29. The third-order valence-corrected chi connectivity index (χ3v) is 5.69. The molecule has 0 saturated heterocycles. The molecule has 0 saturated carbocycles. The smallest absolute Gasteiger partial charge is 0.224 e. The van der Waals surface area contributed by atoms with Gasteiger partial charge < -0.3 is 0 Å². The summed E-state index contributed by atoms with van der Waals surface area (Å²) in [6, 6.07) is 0. The summed E-state index contributed by atoms with van der Waals surface area (Å²) in [5.41, 5.74) is 2.73. The van der Waals surface area contributed by atoms with E-state index in [1.165, 1.54) is 21.6 Å². The van der Waals surface area contributed by atoms with Crippen LogP contribution in [0.25, 0.3) is 0 Å². The molecule has 0 bridgehead atoms. The van der Waals surface area contributed by atoms with Gasteiger partial charge in [-0.15, -0.1) is 0 Å². The van der Waals surface area contributed by atoms with Gasteiger partial charge in [-0.3, -0.25) is 0 Å². The molecular formula is C10H20N2S2+2. The maximum atomic E-state index is 2.29. The molecule has 80 valence electrons. The summed E-state index contributed by atoms with van der Waals surface area (Å²) in [7, 11) is 4.80. The van der Waals surface area contributed by atoms with Crippen LogP contribution < -0.4 is 4.57 Å². The van der Waals surface area contributed by atoms with Crippen LogP contribution in [-0.4, -0.2) is 22.2 Å². The van der Waals surface area contributed by atoms with E-state index in [4.69, 9.17) is 0 Å². The van der Waals surface area contributed by atoms with Crippen LogP contribution in [0.5, 0.6) is 0 Å². The Balaban J connectivity index is 2.91. The number of aromatic nitrogens is 2. The second-order valence-corrected chi connectivity index (χ2v) is 7.39. The summed E-state index contributed by atoms with van der Waals surface area (Å²) in [5, 5.41) is 2.58. The zero-order valence-corrected chi connectivity index (χ0v) is 11.6. The third kappa shape index (κ3) is 2.28. The van der Waals surface area contributed by atoms with E-state index in [0.29, 0.717) is 10.9 Å². The van der Waals surface area contributed by atoms with E-state index in [-0.39, 0.29) is 0 Å². The van der Waals surface area contributed by atoms with Crippen LogP contribution in [0.15, 0.2) is 5.16 Å². The van der Waals surface area contributed by atoms with Gasteiger partial charge in [-0.25, -0.2) is 9.13 Å². The predicted octanol–water partition coefficient (Wildman–Crippen LogP) is 1.39. The van der Waals surface area contributed by atoms with Gasteiger partial charge in [-0.1, -0.05) is 0 Å². The molecule has 0 aromatic carbocycles. The van der Waals surface area contributed by atoms with Crippen molar-refractivity contribution in [1.82, 2.24) is 4.57 Å². The lowest BCUT2D eigenvalue weighted by molar-refractivity contribution is -0.715. The van der Waals surface area contributed by atoms with E-state index in [0.717, 1.165) is 0 Å². The Labute approximate surface area is 94.0 Å². The molecule has 0 amide bonds. The summed E-state index contributed by atoms with van der Waals surface area (Å²) in [6.45, 7) is 4.36. The number of rotatable bonds is 3. The molecule has 0 aliphatic heterocycles. The zero-order chi connectivity index (χ0) is 10.9. The highest BCUT2D eigenvalue weighted by molar-refractivity contribution is 8.13. The highest BCUT2D eigenvalue weighted by atomic mass is 32.2. The van der Waals surface area contributed by atoms with Gasteiger partial charge in [-0.2, -0.15) is 0 Å². The number of hydrogen-bond acceptors (Lipinski definition) is 1. The molecule has 0 aliphatic carbocycles. The van der Waals surface area contributed by atoms with Crippen molar-refractivity contribution >= 4 is 22.7 Å². The Bertz CT molecular complexity index is 304. The zero-order valence-electron chi connectivity index (χ0n) is 9.92. The minimum atomic E-state index is 0.506. The molecule has 0 spiro atoms. The van der Waals surface area contributed by atoms with Gasteiger partial charge in [0.2, 0.25) is 0 Å². The van der Waals surface area contributed by atoms with Crippen LogP contribution in [0.3, 0.4) is 0 Å². The van der Waals surface area contributed by atoms with Crippen molar-refractivity contribution in [3.8, 4) is 0 Å². The van der Waals surface area contributed by atoms with E-state index in [9.17, 15) is 0 Å². The predicted molar refractivity (Wildman–Crippen MR) is 66.0 cm³/mol. The van der Waals surface area contributed by atoms with Crippen molar-refractivity contribution in [3.63, 3.8) is 0 Å². The molecule has 0 atom stereocenters. The number of thioether (sulfide) groups is 1. The van der Waals surface area contributed by atoms with E-state index >= 15 is 0 Å². The van der Waals surface area contributed by atoms with Gasteiger partial charge in [0.15, 0.2) is 5.08 Å². The molecule has 0 N–H and O–H groups in total. The van der Waals surface area contributed by atoms with E-state index < -0.39 is 0 Å². The fraction of sp³-hybridized carbons (Fsp3) is 0.700. The topological polar surface area (TPSA) is 8.81 Å². The molecule has 0 radical (unpaired) electrons. The van der Waals surface area contributed by atoms with E-state index in [1.54, 1.807) is 0 Å². The molecule has 0 aliphatic rings. The van der Waals surface area contributed by atoms with Crippen molar-refractivity contribution < 1.29 is 4.57 Å². The molecule has 1 rings (SSSR count). The Morgan fingerprint density at radius 1 is 1.36 bits per heavy atom. The molecule has 2 nitrogen and oxygen atoms in total. The normalized spacial score (nSPS) is 11.4. The lowest BCUT2D eigenvalue weighted by atomic mass is 10.4. The number of hydrogen-bond donors (Lipinski definition) is 0. The Morgan fingerprint density at radius 2 is 1.93 bits per heavy atom. The first kappa shape index (κ1) is 12.0. The molecule has 0 fully saturated rings. The minimum Gasteiger partial charge on any atom is -0.224 e. The van der Waals surface area contributed by atoms with Gasteiger partial charge >= 0.3 is 5.16 Å². The van der Waals surface area contributed by atoms with Gasteiger partial charge in [0.25, 0.3) is 0 Å². The average Bonchev–Trinajstić information content (AvgIpc) is 2.29. The third-order valence-electron chi connectivity index (χ3n) is 2.53. The summed E-state index contributed by atoms with van der Waals surface area (Å²) in [6.07, 6.45) is 4.57. The quantitative estimate of drug-likeness (QED) is 0.435. The second-order valence-electron chi connectivity index (χ2n) is 3.82. The van der Waals surface area contributed by atoms with Crippen LogP contribution in [0, 0.1) is 13.8 Å². The van der Waals surface area contributed by atoms with E-state index in [2.05, 4.69) is 49.6 Å². The van der Waals surface area contributed by atoms with Crippen molar-refractivity contribution in [2.45, 2.75) is 19.0 Å². The standard InChI is InChI=1S/C10H20N2S2/c1-8-9(2)12(4)10(11(8)3)13-7-14(5)6/h7H2,1-6H3/q+2.